The van der Waals surface area contributed by atoms with E-state index < -0.39 is 5.60 Å². The van der Waals surface area contributed by atoms with Crippen LogP contribution in [0.15, 0.2) is 48.5 Å². The summed E-state index contributed by atoms with van der Waals surface area (Å²) in [6.07, 6.45) is 3.39. The molecule has 1 atom stereocenters. The van der Waals surface area contributed by atoms with Crippen LogP contribution in [0, 0.1) is 11.8 Å². The molecule has 2 aromatic carbocycles. The summed E-state index contributed by atoms with van der Waals surface area (Å²) < 4.78 is 12.5. The summed E-state index contributed by atoms with van der Waals surface area (Å²) in [4.78, 5) is 0. The summed E-state index contributed by atoms with van der Waals surface area (Å²) in [5.41, 5.74) is 4.02. The molecule has 1 unspecified atom stereocenters. The second kappa shape index (κ2) is 7.01. The van der Waals surface area contributed by atoms with E-state index in [1.165, 1.54) is 11.1 Å². The highest BCUT2D eigenvalue weighted by atomic mass is 16.7. The van der Waals surface area contributed by atoms with Gasteiger partial charge in [-0.25, -0.2) is 0 Å². The van der Waals surface area contributed by atoms with Crippen LogP contribution in [-0.2, 0) is 15.1 Å². The lowest BCUT2D eigenvalue weighted by Gasteiger charge is -2.36. The Kier molecular flexibility index (Phi) is 4.59. The largest absolute Gasteiger partial charge is 0.384 e. The smallest absolute Gasteiger partial charge is 0.159 e. The lowest BCUT2D eigenvalue weighted by Crippen LogP contribution is -2.36. The van der Waals surface area contributed by atoms with Gasteiger partial charge in [0.15, 0.2) is 6.29 Å². The molecule has 128 valence electrons. The first-order valence-electron chi connectivity index (χ1n) is 8.90. The first kappa shape index (κ1) is 16.4. The molecule has 3 heteroatoms. The molecule has 1 aliphatic carbocycles. The normalized spacial score (nSPS) is 20.3. The molecule has 1 N–H and O–H groups in total. The van der Waals surface area contributed by atoms with Crippen LogP contribution in [0.4, 0.5) is 0 Å². The molecule has 4 rings (SSSR count). The summed E-state index contributed by atoms with van der Waals surface area (Å²) in [7, 11) is 0. The van der Waals surface area contributed by atoms with E-state index >= 15 is 0 Å². The predicted molar refractivity (Wildman–Crippen MR) is 96.8 cm³/mol. The van der Waals surface area contributed by atoms with Gasteiger partial charge in [0, 0.05) is 13.0 Å². The molecule has 0 aromatic heterocycles. The van der Waals surface area contributed by atoms with Crippen LogP contribution in [0.5, 0.6) is 0 Å². The minimum atomic E-state index is -0.642. The number of hydrogen-bond acceptors (Lipinski definition) is 3. The number of ether oxygens (including phenoxy) is 2. The van der Waals surface area contributed by atoms with Gasteiger partial charge in [-0.2, -0.15) is 0 Å². The minimum absolute atomic E-state index is 0.140. The lowest BCUT2D eigenvalue weighted by atomic mass is 9.87. The Hall–Kier alpha value is -2.12. The number of benzene rings is 2. The average Bonchev–Trinajstić information content (AvgIpc) is 2.94. The summed E-state index contributed by atoms with van der Waals surface area (Å²) in [5, 5.41) is 9.10. The fourth-order valence-electron chi connectivity index (χ4n) is 3.92. The zero-order valence-corrected chi connectivity index (χ0v) is 14.2. The third-order valence-electron chi connectivity index (χ3n) is 5.03. The van der Waals surface area contributed by atoms with Crippen LogP contribution >= 0.6 is 0 Å². The van der Waals surface area contributed by atoms with Gasteiger partial charge in [0.05, 0.1) is 0 Å². The number of hydrogen-bond donors (Lipinski definition) is 1. The molecule has 2 aliphatic rings. The maximum Gasteiger partial charge on any atom is 0.159 e. The Balaban J connectivity index is 1.83. The molecule has 1 fully saturated rings. The van der Waals surface area contributed by atoms with E-state index in [1.807, 2.05) is 12.1 Å². The molecule has 0 saturated carbocycles. The lowest BCUT2D eigenvalue weighted by molar-refractivity contribution is -0.214. The van der Waals surface area contributed by atoms with Crippen molar-refractivity contribution >= 4 is 0 Å². The zero-order chi connectivity index (χ0) is 17.1. The molecular formula is C22H22O3. The van der Waals surface area contributed by atoms with E-state index in [9.17, 15) is 0 Å². The number of fused-ring (bicyclic) bond motifs is 3. The fourth-order valence-corrected chi connectivity index (χ4v) is 3.92. The van der Waals surface area contributed by atoms with E-state index in [4.69, 9.17) is 14.6 Å². The number of rotatable bonds is 3. The zero-order valence-electron chi connectivity index (χ0n) is 14.2. The molecule has 0 spiro atoms. The van der Waals surface area contributed by atoms with Crippen molar-refractivity contribution in [2.75, 3.05) is 13.2 Å². The van der Waals surface area contributed by atoms with Crippen LogP contribution in [0.1, 0.15) is 36.8 Å². The van der Waals surface area contributed by atoms with Crippen LogP contribution in [0.2, 0.25) is 0 Å². The Morgan fingerprint density at radius 1 is 1.00 bits per heavy atom. The fraction of sp³-hybridized carbons (Fsp3) is 0.364. The molecule has 1 heterocycles. The van der Waals surface area contributed by atoms with Crippen molar-refractivity contribution in [2.45, 2.75) is 37.6 Å². The van der Waals surface area contributed by atoms with Crippen molar-refractivity contribution in [3.8, 4) is 23.0 Å². The average molecular weight is 334 g/mol. The molecule has 25 heavy (non-hydrogen) atoms. The highest BCUT2D eigenvalue weighted by Gasteiger charge is 2.45. The van der Waals surface area contributed by atoms with Crippen LogP contribution < -0.4 is 0 Å². The van der Waals surface area contributed by atoms with Gasteiger partial charge in [-0.15, -0.1) is 0 Å². The third kappa shape index (κ3) is 2.87. The van der Waals surface area contributed by atoms with E-state index in [-0.39, 0.29) is 12.9 Å². The van der Waals surface area contributed by atoms with E-state index in [0.717, 1.165) is 37.0 Å². The van der Waals surface area contributed by atoms with Gasteiger partial charge in [0.2, 0.25) is 0 Å². The van der Waals surface area contributed by atoms with Gasteiger partial charge >= 0.3 is 0 Å². The summed E-state index contributed by atoms with van der Waals surface area (Å²) in [6, 6.07) is 16.7. The Morgan fingerprint density at radius 3 is 2.28 bits per heavy atom. The van der Waals surface area contributed by atoms with Crippen LogP contribution in [-0.4, -0.2) is 24.6 Å². The second-order valence-electron chi connectivity index (χ2n) is 6.52. The van der Waals surface area contributed by atoms with Crippen molar-refractivity contribution in [2.24, 2.45) is 0 Å². The molecular weight excluding hydrogens is 312 g/mol. The van der Waals surface area contributed by atoms with Crippen molar-refractivity contribution in [1.29, 1.82) is 0 Å². The first-order chi connectivity index (χ1) is 12.3. The number of aliphatic hydroxyl groups excluding tert-OH is 1. The standard InChI is InChI=1S/C22H22O3/c23-15-7-6-14-22(25-21-13-5-8-16-24-21)19-11-3-1-9-17(19)18-10-2-4-12-20(18)22/h1-4,9-12,21,23H,5,8,13-16H2. The molecule has 0 bridgehead atoms. The highest BCUT2D eigenvalue weighted by Crippen LogP contribution is 2.52. The van der Waals surface area contributed by atoms with Crippen molar-refractivity contribution in [3.63, 3.8) is 0 Å². The highest BCUT2D eigenvalue weighted by molar-refractivity contribution is 5.80. The van der Waals surface area contributed by atoms with E-state index in [2.05, 4.69) is 48.2 Å². The van der Waals surface area contributed by atoms with Gasteiger partial charge in [0.1, 0.15) is 12.2 Å². The summed E-state index contributed by atoms with van der Waals surface area (Å²) >= 11 is 0. The Labute approximate surface area is 148 Å². The maximum absolute atomic E-state index is 9.10. The van der Waals surface area contributed by atoms with E-state index in [1.54, 1.807) is 0 Å². The molecule has 0 radical (unpaired) electrons. The SMILES string of the molecule is OCC#CCC1(OC2CCCCO2)c2ccccc2-c2ccccc21. The third-order valence-corrected chi connectivity index (χ3v) is 5.03. The van der Waals surface area contributed by atoms with Crippen molar-refractivity contribution < 1.29 is 14.6 Å². The van der Waals surface area contributed by atoms with Gasteiger partial charge in [-0.1, -0.05) is 60.4 Å². The van der Waals surface area contributed by atoms with E-state index in [0.29, 0.717) is 6.42 Å². The Bertz CT molecular complexity index is 764. The summed E-state index contributed by atoms with van der Waals surface area (Å²) in [5.74, 6) is 5.89. The van der Waals surface area contributed by atoms with Crippen molar-refractivity contribution in [3.05, 3.63) is 59.7 Å². The molecule has 2 aromatic rings. The number of aliphatic hydroxyl groups is 1. The van der Waals surface area contributed by atoms with Gasteiger partial charge in [0.25, 0.3) is 0 Å². The molecule has 1 saturated heterocycles. The first-order valence-corrected chi connectivity index (χ1v) is 8.90. The summed E-state index contributed by atoms with van der Waals surface area (Å²) in [6.45, 7) is 0.603. The minimum Gasteiger partial charge on any atom is -0.384 e. The molecule has 0 amide bonds. The topological polar surface area (TPSA) is 38.7 Å². The quantitative estimate of drug-likeness (QED) is 0.867. The monoisotopic (exact) mass is 334 g/mol. The van der Waals surface area contributed by atoms with Gasteiger partial charge < -0.3 is 14.6 Å². The van der Waals surface area contributed by atoms with Gasteiger partial charge in [-0.05, 0) is 41.5 Å². The second-order valence-corrected chi connectivity index (χ2v) is 6.52. The molecule has 3 nitrogen and oxygen atoms in total. The van der Waals surface area contributed by atoms with Gasteiger partial charge in [-0.3, -0.25) is 0 Å². The Morgan fingerprint density at radius 2 is 1.68 bits per heavy atom. The predicted octanol–water partition coefficient (Wildman–Crippen LogP) is 3.84. The molecule has 1 aliphatic heterocycles. The van der Waals surface area contributed by atoms with Crippen LogP contribution in [0.25, 0.3) is 11.1 Å². The van der Waals surface area contributed by atoms with Crippen molar-refractivity contribution in [1.82, 2.24) is 0 Å². The van der Waals surface area contributed by atoms with Crippen LogP contribution in [0.3, 0.4) is 0 Å². The maximum atomic E-state index is 9.10.